The third-order valence-corrected chi connectivity index (χ3v) is 4.25. The fourth-order valence-electron chi connectivity index (χ4n) is 2.43. The zero-order valence-electron chi connectivity index (χ0n) is 15.8. The van der Waals surface area contributed by atoms with Crippen molar-refractivity contribution in [1.82, 2.24) is 15.6 Å². The van der Waals surface area contributed by atoms with E-state index in [2.05, 4.69) is 36.5 Å². The average Bonchev–Trinajstić information content (AvgIpc) is 2.66. The van der Waals surface area contributed by atoms with Crippen LogP contribution in [0.3, 0.4) is 0 Å². The summed E-state index contributed by atoms with van der Waals surface area (Å²) in [7, 11) is 3.25. The number of aromatic nitrogens is 1. The highest BCUT2D eigenvalue weighted by molar-refractivity contribution is 14.0. The molecule has 0 spiro atoms. The van der Waals surface area contributed by atoms with E-state index < -0.39 is 0 Å². The fraction of sp³-hybridized carbons (Fsp3) is 0.368. The fourth-order valence-corrected chi connectivity index (χ4v) is 3.08. The molecule has 0 atom stereocenters. The molecule has 8 heteroatoms. The van der Waals surface area contributed by atoms with Crippen molar-refractivity contribution in [3.05, 3.63) is 52.3 Å². The predicted octanol–water partition coefficient (Wildman–Crippen LogP) is 3.78. The van der Waals surface area contributed by atoms with Crippen LogP contribution in [-0.4, -0.2) is 38.3 Å². The second-order valence-electron chi connectivity index (χ2n) is 5.51. The number of ether oxygens (including phenoxy) is 2. The van der Waals surface area contributed by atoms with E-state index in [1.807, 2.05) is 43.5 Å². The molecule has 2 N–H and O–H groups in total. The molecular formula is C19H26BrIN4O2. The molecule has 2 aromatic rings. The Balaban J connectivity index is 0.00000364. The number of halogens is 2. The number of aliphatic imine (C=N–C) groups is 1. The number of guanidine groups is 1. The van der Waals surface area contributed by atoms with Gasteiger partial charge in [-0.15, -0.1) is 24.0 Å². The van der Waals surface area contributed by atoms with Gasteiger partial charge in [-0.3, -0.25) is 4.98 Å². The van der Waals surface area contributed by atoms with Crippen LogP contribution in [0.25, 0.3) is 0 Å². The van der Waals surface area contributed by atoms with E-state index in [-0.39, 0.29) is 24.0 Å². The minimum Gasteiger partial charge on any atom is -0.493 e. The van der Waals surface area contributed by atoms with Crippen LogP contribution in [0.4, 0.5) is 0 Å². The molecule has 1 aromatic carbocycles. The van der Waals surface area contributed by atoms with Gasteiger partial charge in [0, 0.05) is 31.4 Å². The summed E-state index contributed by atoms with van der Waals surface area (Å²) in [5.74, 6) is 2.13. The van der Waals surface area contributed by atoms with Crippen LogP contribution < -0.4 is 20.1 Å². The number of hydrogen-bond acceptors (Lipinski definition) is 4. The summed E-state index contributed by atoms with van der Waals surface area (Å²) in [6, 6.07) is 9.86. The molecule has 27 heavy (non-hydrogen) atoms. The van der Waals surface area contributed by atoms with E-state index in [0.29, 0.717) is 18.0 Å². The molecule has 148 valence electrons. The Morgan fingerprint density at radius 3 is 2.63 bits per heavy atom. The summed E-state index contributed by atoms with van der Waals surface area (Å²) in [5.41, 5.74) is 2.08. The lowest BCUT2D eigenvalue weighted by Crippen LogP contribution is -2.38. The summed E-state index contributed by atoms with van der Waals surface area (Å²) in [6.45, 7) is 4.13. The number of hydrogen-bond donors (Lipinski definition) is 2. The van der Waals surface area contributed by atoms with Crippen LogP contribution in [0.1, 0.15) is 18.2 Å². The van der Waals surface area contributed by atoms with Gasteiger partial charge < -0.3 is 20.1 Å². The molecule has 0 aliphatic heterocycles. The van der Waals surface area contributed by atoms with Gasteiger partial charge in [0.2, 0.25) is 0 Å². The van der Waals surface area contributed by atoms with Crippen molar-refractivity contribution in [2.45, 2.75) is 19.9 Å². The maximum absolute atomic E-state index is 5.38. The Morgan fingerprint density at radius 1 is 1.19 bits per heavy atom. The van der Waals surface area contributed by atoms with Gasteiger partial charge in [-0.25, -0.2) is 4.99 Å². The Kier molecular flexibility index (Phi) is 11.1. The molecule has 0 saturated heterocycles. The first-order chi connectivity index (χ1) is 12.7. The van der Waals surface area contributed by atoms with E-state index >= 15 is 0 Å². The van der Waals surface area contributed by atoms with Crippen molar-refractivity contribution < 1.29 is 9.47 Å². The lowest BCUT2D eigenvalue weighted by atomic mass is 10.2. The minimum atomic E-state index is 0. The van der Waals surface area contributed by atoms with Crippen molar-refractivity contribution in [1.29, 1.82) is 0 Å². The van der Waals surface area contributed by atoms with Crippen LogP contribution in [0.2, 0.25) is 0 Å². The Bertz CT molecular complexity index is 729. The normalized spacial score (nSPS) is 10.7. The third-order valence-electron chi connectivity index (χ3n) is 3.66. The Hall–Kier alpha value is -1.55. The van der Waals surface area contributed by atoms with Gasteiger partial charge in [0.05, 0.1) is 25.2 Å². The van der Waals surface area contributed by atoms with Crippen molar-refractivity contribution in [3.63, 3.8) is 0 Å². The molecule has 0 aliphatic carbocycles. The maximum Gasteiger partial charge on any atom is 0.191 e. The molecule has 0 fully saturated rings. The Morgan fingerprint density at radius 2 is 2.00 bits per heavy atom. The second-order valence-corrected chi connectivity index (χ2v) is 6.36. The van der Waals surface area contributed by atoms with Gasteiger partial charge in [0.25, 0.3) is 0 Å². The summed E-state index contributed by atoms with van der Waals surface area (Å²) >= 11 is 3.51. The first-order valence-electron chi connectivity index (χ1n) is 8.50. The van der Waals surface area contributed by atoms with Gasteiger partial charge in [-0.05, 0) is 52.7 Å². The van der Waals surface area contributed by atoms with Gasteiger partial charge in [-0.1, -0.05) is 6.07 Å². The quantitative estimate of drug-likeness (QED) is 0.298. The van der Waals surface area contributed by atoms with Crippen molar-refractivity contribution in [2.75, 3.05) is 27.3 Å². The standard InChI is InChI=1S/C19H25BrN4O2.HI/c1-4-21-19(23-10-8-15-7-5-6-9-22-15)24-13-14-11-16(20)18(26-3)17(12-14)25-2;/h5-7,9,11-12H,4,8,10,13H2,1-3H3,(H2,21,23,24);1H. The molecular weight excluding hydrogens is 523 g/mol. The number of nitrogens with one attached hydrogen (secondary N) is 2. The third kappa shape index (κ3) is 7.53. The van der Waals surface area contributed by atoms with E-state index in [1.165, 1.54) is 0 Å². The van der Waals surface area contributed by atoms with Gasteiger partial charge >= 0.3 is 0 Å². The lowest BCUT2D eigenvalue weighted by Gasteiger charge is -2.13. The molecule has 1 aromatic heterocycles. The van der Waals surface area contributed by atoms with Crippen LogP contribution in [0, 0.1) is 0 Å². The molecule has 0 bridgehead atoms. The van der Waals surface area contributed by atoms with Crippen LogP contribution in [0.5, 0.6) is 11.5 Å². The lowest BCUT2D eigenvalue weighted by molar-refractivity contribution is 0.352. The molecule has 6 nitrogen and oxygen atoms in total. The highest BCUT2D eigenvalue weighted by Crippen LogP contribution is 2.36. The molecule has 1 heterocycles. The van der Waals surface area contributed by atoms with Crippen LogP contribution in [-0.2, 0) is 13.0 Å². The summed E-state index contributed by atoms with van der Waals surface area (Å²) in [5, 5.41) is 6.59. The van der Waals surface area contributed by atoms with Crippen LogP contribution >= 0.6 is 39.9 Å². The largest absolute Gasteiger partial charge is 0.493 e. The monoisotopic (exact) mass is 548 g/mol. The van der Waals surface area contributed by atoms with Crippen molar-refractivity contribution >= 4 is 45.9 Å². The average molecular weight is 549 g/mol. The maximum atomic E-state index is 5.38. The zero-order valence-corrected chi connectivity index (χ0v) is 19.7. The van der Waals surface area contributed by atoms with E-state index in [4.69, 9.17) is 9.47 Å². The Labute approximate surface area is 186 Å². The van der Waals surface area contributed by atoms with E-state index in [9.17, 15) is 0 Å². The highest BCUT2D eigenvalue weighted by atomic mass is 127. The van der Waals surface area contributed by atoms with Gasteiger partial charge in [0.1, 0.15) is 0 Å². The minimum absolute atomic E-state index is 0. The number of nitrogens with zero attached hydrogens (tertiary/aromatic N) is 2. The van der Waals surface area contributed by atoms with Crippen LogP contribution in [0.15, 0.2) is 46.0 Å². The molecule has 0 radical (unpaired) electrons. The predicted molar refractivity (Wildman–Crippen MR) is 123 cm³/mol. The zero-order chi connectivity index (χ0) is 18.8. The molecule has 2 rings (SSSR count). The SMILES string of the molecule is CCNC(=NCc1cc(Br)c(OC)c(OC)c1)NCCc1ccccn1.I. The number of rotatable bonds is 8. The molecule has 0 aliphatic rings. The van der Waals surface area contributed by atoms with Crippen molar-refractivity contribution in [3.8, 4) is 11.5 Å². The molecule has 0 saturated carbocycles. The summed E-state index contributed by atoms with van der Waals surface area (Å²) in [4.78, 5) is 8.97. The van der Waals surface area contributed by atoms with Gasteiger partial charge in [-0.2, -0.15) is 0 Å². The molecule has 0 unspecified atom stereocenters. The number of methoxy groups -OCH3 is 2. The van der Waals surface area contributed by atoms with Crippen molar-refractivity contribution in [2.24, 2.45) is 4.99 Å². The topological polar surface area (TPSA) is 67.8 Å². The first-order valence-corrected chi connectivity index (χ1v) is 9.29. The second kappa shape index (κ2) is 12.8. The van der Waals surface area contributed by atoms with Gasteiger partial charge in [0.15, 0.2) is 17.5 Å². The van der Waals surface area contributed by atoms with E-state index in [1.54, 1.807) is 14.2 Å². The smallest absolute Gasteiger partial charge is 0.191 e. The first kappa shape index (κ1) is 23.5. The summed E-state index contributed by atoms with van der Waals surface area (Å²) in [6.07, 6.45) is 2.65. The highest BCUT2D eigenvalue weighted by Gasteiger charge is 2.10. The number of pyridine rings is 1. The van der Waals surface area contributed by atoms with E-state index in [0.717, 1.165) is 41.2 Å². The number of benzene rings is 1. The summed E-state index contributed by atoms with van der Waals surface area (Å²) < 4.78 is 11.6. The molecule has 0 amide bonds.